The highest BCUT2D eigenvalue weighted by atomic mass is 35.5. The van der Waals surface area contributed by atoms with E-state index in [2.05, 4.69) is 5.32 Å². The molecular weight excluding hydrogens is 454 g/mol. The maximum Gasteiger partial charge on any atom is 0.244 e. The number of halogens is 1. The van der Waals surface area contributed by atoms with E-state index in [4.69, 9.17) is 16.3 Å². The van der Waals surface area contributed by atoms with Crippen molar-refractivity contribution in [1.29, 1.82) is 0 Å². The Kier molecular flexibility index (Phi) is 8.51. The van der Waals surface area contributed by atoms with Crippen LogP contribution < -0.4 is 14.4 Å². The Balaban J connectivity index is 2.46. The second-order valence-electron chi connectivity index (χ2n) is 7.39. The van der Waals surface area contributed by atoms with Gasteiger partial charge in [0.2, 0.25) is 21.8 Å². The molecule has 2 amide bonds. The first-order valence-electron chi connectivity index (χ1n) is 9.85. The van der Waals surface area contributed by atoms with Gasteiger partial charge in [-0.3, -0.25) is 13.9 Å². The summed E-state index contributed by atoms with van der Waals surface area (Å²) >= 11 is 6.07. The number of nitrogens with one attached hydrogen (secondary N) is 1. The van der Waals surface area contributed by atoms with Crippen LogP contribution in [0.3, 0.4) is 0 Å². The summed E-state index contributed by atoms with van der Waals surface area (Å²) in [6.45, 7) is 2.97. The number of carbonyl (C=O) groups is 2. The number of anilines is 1. The molecule has 10 heteroatoms. The van der Waals surface area contributed by atoms with Gasteiger partial charge >= 0.3 is 0 Å². The van der Waals surface area contributed by atoms with Gasteiger partial charge in [0, 0.05) is 18.6 Å². The van der Waals surface area contributed by atoms with Crippen molar-refractivity contribution in [3.8, 4) is 5.75 Å². The summed E-state index contributed by atoms with van der Waals surface area (Å²) < 4.78 is 31.6. The number of sulfonamides is 1. The lowest BCUT2D eigenvalue weighted by atomic mass is 10.1. The number of hydrogen-bond acceptors (Lipinski definition) is 5. The third-order valence-corrected chi connectivity index (χ3v) is 6.30. The number of amides is 2. The normalized spacial score (nSPS) is 12.1. The number of likely N-dealkylation sites (N-methyl/N-ethyl adjacent to an activating group) is 1. The van der Waals surface area contributed by atoms with Gasteiger partial charge in [0.15, 0.2) is 0 Å². The highest BCUT2D eigenvalue weighted by Gasteiger charge is 2.30. The number of carbonyl (C=O) groups excluding carboxylic acids is 2. The molecule has 0 saturated heterocycles. The van der Waals surface area contributed by atoms with Gasteiger partial charge in [0.05, 0.1) is 19.1 Å². The molecule has 0 saturated carbocycles. The Hall–Kier alpha value is -2.78. The first-order valence-corrected chi connectivity index (χ1v) is 12.1. The predicted molar refractivity (Wildman–Crippen MR) is 125 cm³/mol. The van der Waals surface area contributed by atoms with Crippen LogP contribution in [0.25, 0.3) is 0 Å². The van der Waals surface area contributed by atoms with Gasteiger partial charge in [-0.1, -0.05) is 29.8 Å². The van der Waals surface area contributed by atoms with Gasteiger partial charge in [0.1, 0.15) is 18.3 Å². The first-order chi connectivity index (χ1) is 15.0. The molecule has 0 radical (unpaired) electrons. The smallest absolute Gasteiger partial charge is 0.244 e. The van der Waals surface area contributed by atoms with E-state index in [-0.39, 0.29) is 18.1 Å². The highest BCUT2D eigenvalue weighted by Crippen LogP contribution is 2.31. The molecule has 1 atom stereocenters. The second kappa shape index (κ2) is 10.7. The minimum Gasteiger partial charge on any atom is -0.495 e. The van der Waals surface area contributed by atoms with Crippen LogP contribution in [0, 0.1) is 6.92 Å². The Morgan fingerprint density at radius 3 is 2.44 bits per heavy atom. The predicted octanol–water partition coefficient (Wildman–Crippen LogP) is 2.59. The molecular formula is C22H28ClN3O5S. The maximum atomic E-state index is 13.4. The fourth-order valence-electron chi connectivity index (χ4n) is 3.21. The van der Waals surface area contributed by atoms with Crippen LogP contribution in [0.2, 0.25) is 5.02 Å². The van der Waals surface area contributed by atoms with Crippen LogP contribution >= 0.6 is 11.6 Å². The molecule has 0 aliphatic carbocycles. The summed E-state index contributed by atoms with van der Waals surface area (Å²) in [6.07, 6.45) is 1.02. The zero-order valence-electron chi connectivity index (χ0n) is 18.8. The number of hydrogen-bond donors (Lipinski definition) is 1. The summed E-state index contributed by atoms with van der Waals surface area (Å²) in [6, 6.07) is 11.1. The van der Waals surface area contributed by atoms with Crippen molar-refractivity contribution in [3.05, 3.63) is 58.6 Å². The van der Waals surface area contributed by atoms with E-state index in [1.165, 1.54) is 19.1 Å². The van der Waals surface area contributed by atoms with Gasteiger partial charge in [-0.2, -0.15) is 0 Å². The minimum atomic E-state index is -3.84. The van der Waals surface area contributed by atoms with E-state index >= 15 is 0 Å². The van der Waals surface area contributed by atoms with Crippen molar-refractivity contribution >= 4 is 39.1 Å². The number of benzene rings is 2. The maximum absolute atomic E-state index is 13.4. The minimum absolute atomic E-state index is 0.0799. The molecule has 8 nitrogen and oxygen atoms in total. The summed E-state index contributed by atoms with van der Waals surface area (Å²) in [5.74, 6) is -0.607. The second-order valence-corrected chi connectivity index (χ2v) is 9.73. The molecule has 0 bridgehead atoms. The Labute approximate surface area is 194 Å². The van der Waals surface area contributed by atoms with Crippen molar-refractivity contribution < 1.29 is 22.7 Å². The average molecular weight is 482 g/mol. The third kappa shape index (κ3) is 6.37. The van der Waals surface area contributed by atoms with Gasteiger partial charge in [-0.25, -0.2) is 8.42 Å². The van der Waals surface area contributed by atoms with Crippen molar-refractivity contribution in [2.45, 2.75) is 26.4 Å². The molecule has 1 unspecified atom stereocenters. The number of aryl methyl sites for hydroxylation is 1. The summed E-state index contributed by atoms with van der Waals surface area (Å²) in [5, 5.41) is 3.02. The van der Waals surface area contributed by atoms with Crippen molar-refractivity contribution in [2.75, 3.05) is 31.3 Å². The molecule has 0 fully saturated rings. The van der Waals surface area contributed by atoms with Crippen LogP contribution in [0.5, 0.6) is 5.75 Å². The quantitative estimate of drug-likeness (QED) is 0.594. The standard InChI is InChI=1S/C22H28ClN3O5S/c1-15-9-10-20(31-4)19(11-15)26(32(5,29)30)14-21(27)25(16(2)22(28)24-3)13-17-7-6-8-18(23)12-17/h6-12,16H,13-14H2,1-5H3,(H,24,28). The lowest BCUT2D eigenvalue weighted by Gasteiger charge is -2.31. The fourth-order valence-corrected chi connectivity index (χ4v) is 4.27. The van der Waals surface area contributed by atoms with Crippen LogP contribution in [-0.4, -0.2) is 58.1 Å². The number of ether oxygens (including phenoxy) is 1. The number of nitrogens with zero attached hydrogens (tertiary/aromatic N) is 2. The van der Waals surface area contributed by atoms with E-state index in [9.17, 15) is 18.0 Å². The van der Waals surface area contributed by atoms with Gasteiger partial charge in [-0.05, 0) is 49.2 Å². The molecule has 0 aliphatic rings. The number of methoxy groups -OCH3 is 1. The van der Waals surface area contributed by atoms with Crippen molar-refractivity contribution in [2.24, 2.45) is 0 Å². The monoisotopic (exact) mass is 481 g/mol. The van der Waals surface area contributed by atoms with E-state index < -0.39 is 28.5 Å². The van der Waals surface area contributed by atoms with E-state index in [1.807, 2.05) is 6.92 Å². The summed E-state index contributed by atoms with van der Waals surface area (Å²) in [5.41, 5.74) is 1.76. The molecule has 32 heavy (non-hydrogen) atoms. The van der Waals surface area contributed by atoms with Crippen LogP contribution in [-0.2, 0) is 26.2 Å². The number of rotatable bonds is 9. The molecule has 2 aromatic rings. The van der Waals surface area contributed by atoms with E-state index in [1.54, 1.807) is 49.4 Å². The molecule has 0 spiro atoms. The van der Waals surface area contributed by atoms with Crippen molar-refractivity contribution in [1.82, 2.24) is 10.2 Å². The Morgan fingerprint density at radius 1 is 1.19 bits per heavy atom. The molecule has 0 aliphatic heterocycles. The molecule has 174 valence electrons. The molecule has 0 aromatic heterocycles. The van der Waals surface area contributed by atoms with Crippen LogP contribution in [0.1, 0.15) is 18.1 Å². The molecule has 0 heterocycles. The van der Waals surface area contributed by atoms with Crippen molar-refractivity contribution in [3.63, 3.8) is 0 Å². The lowest BCUT2D eigenvalue weighted by Crippen LogP contribution is -2.50. The molecule has 2 rings (SSSR count). The molecule has 1 N–H and O–H groups in total. The van der Waals surface area contributed by atoms with Crippen LogP contribution in [0.4, 0.5) is 5.69 Å². The lowest BCUT2D eigenvalue weighted by molar-refractivity contribution is -0.139. The van der Waals surface area contributed by atoms with E-state index in [0.717, 1.165) is 16.1 Å². The largest absolute Gasteiger partial charge is 0.495 e. The molecule has 2 aromatic carbocycles. The first kappa shape index (κ1) is 25.5. The van der Waals surface area contributed by atoms with Gasteiger partial charge in [0.25, 0.3) is 0 Å². The van der Waals surface area contributed by atoms with Gasteiger partial charge < -0.3 is 15.0 Å². The highest BCUT2D eigenvalue weighted by molar-refractivity contribution is 7.92. The van der Waals surface area contributed by atoms with Gasteiger partial charge in [-0.15, -0.1) is 0 Å². The SMILES string of the molecule is CNC(=O)C(C)N(Cc1cccc(Cl)c1)C(=O)CN(c1cc(C)ccc1OC)S(C)(=O)=O. The Bertz CT molecular complexity index is 1090. The topological polar surface area (TPSA) is 96.0 Å². The Morgan fingerprint density at radius 2 is 1.88 bits per heavy atom. The summed E-state index contributed by atoms with van der Waals surface area (Å²) in [7, 11) is -0.943. The summed E-state index contributed by atoms with van der Waals surface area (Å²) in [4.78, 5) is 27.0. The zero-order chi connectivity index (χ0) is 24.1. The average Bonchev–Trinajstić information content (AvgIpc) is 2.73. The fraction of sp³-hybridized carbons (Fsp3) is 0.364. The van der Waals surface area contributed by atoms with Crippen LogP contribution in [0.15, 0.2) is 42.5 Å². The van der Waals surface area contributed by atoms with E-state index in [0.29, 0.717) is 16.3 Å². The zero-order valence-corrected chi connectivity index (χ0v) is 20.3. The third-order valence-electron chi connectivity index (χ3n) is 4.94.